The van der Waals surface area contributed by atoms with Crippen LogP contribution in [0.5, 0.6) is 0 Å². The summed E-state index contributed by atoms with van der Waals surface area (Å²) in [6.07, 6.45) is 18.6. The topological polar surface area (TPSA) is 95.2 Å². The van der Waals surface area contributed by atoms with E-state index >= 15 is 0 Å². The predicted octanol–water partition coefficient (Wildman–Crippen LogP) is 6.19. The van der Waals surface area contributed by atoms with E-state index in [-0.39, 0.29) is 0 Å². The summed E-state index contributed by atoms with van der Waals surface area (Å²) in [5, 5.41) is 12.5. The third-order valence-electron chi connectivity index (χ3n) is 7.60. The van der Waals surface area contributed by atoms with Gasteiger partial charge in [0, 0.05) is 36.1 Å². The number of hydrogen-bond donors (Lipinski definition) is 3. The normalized spacial score (nSPS) is 15.8. The molecule has 2 aliphatic rings. The quantitative estimate of drug-likeness (QED) is 0.255. The van der Waals surface area contributed by atoms with Crippen molar-refractivity contribution in [2.75, 3.05) is 6.54 Å². The van der Waals surface area contributed by atoms with E-state index in [9.17, 15) is 0 Å². The Labute approximate surface area is 215 Å². The van der Waals surface area contributed by atoms with Crippen molar-refractivity contribution in [2.45, 2.75) is 38.6 Å². The second-order valence-corrected chi connectivity index (χ2v) is 10.1. The fourth-order valence-corrected chi connectivity index (χ4v) is 5.64. The van der Waals surface area contributed by atoms with Gasteiger partial charge in [0.2, 0.25) is 0 Å². The number of H-pyrrole nitrogens is 2. The van der Waals surface area contributed by atoms with E-state index in [4.69, 9.17) is 4.98 Å². The number of pyridine rings is 2. The number of nitrogens with one attached hydrogen (secondary N) is 3. The molecule has 3 N–H and O–H groups in total. The first-order valence-corrected chi connectivity index (χ1v) is 13.2. The average molecular weight is 488 g/mol. The molecule has 2 aliphatic carbocycles. The molecule has 7 heteroatoms. The van der Waals surface area contributed by atoms with Crippen molar-refractivity contribution in [2.24, 2.45) is 5.92 Å². The molecule has 7 rings (SSSR count). The van der Waals surface area contributed by atoms with Crippen LogP contribution in [-0.2, 0) is 6.54 Å². The number of fused-ring (bicyclic) bond motifs is 2. The Morgan fingerprint density at radius 1 is 0.973 bits per heavy atom. The van der Waals surface area contributed by atoms with Gasteiger partial charge < -0.3 is 10.3 Å². The molecule has 0 unspecified atom stereocenters. The molecule has 7 nitrogen and oxygen atoms in total. The molecule has 4 aromatic heterocycles. The van der Waals surface area contributed by atoms with Crippen LogP contribution >= 0.6 is 0 Å². The van der Waals surface area contributed by atoms with Crippen molar-refractivity contribution < 1.29 is 0 Å². The lowest BCUT2D eigenvalue weighted by Crippen LogP contribution is -2.20. The third-order valence-corrected chi connectivity index (χ3v) is 7.60. The van der Waals surface area contributed by atoms with E-state index in [0.717, 1.165) is 81.3 Å². The number of nitrogens with zero attached hydrogens (tertiary/aromatic N) is 4. The van der Waals surface area contributed by atoms with E-state index in [2.05, 4.69) is 73.0 Å². The summed E-state index contributed by atoms with van der Waals surface area (Å²) >= 11 is 0. The molecule has 5 aromatic rings. The summed E-state index contributed by atoms with van der Waals surface area (Å²) in [5.41, 5.74) is 9.03. The zero-order valence-corrected chi connectivity index (χ0v) is 20.7. The van der Waals surface area contributed by atoms with E-state index in [1.54, 1.807) is 0 Å². The van der Waals surface area contributed by atoms with Crippen molar-refractivity contribution in [1.29, 1.82) is 0 Å². The zero-order chi connectivity index (χ0) is 24.6. The summed E-state index contributed by atoms with van der Waals surface area (Å²) in [4.78, 5) is 17.5. The van der Waals surface area contributed by atoms with Crippen molar-refractivity contribution in [3.05, 3.63) is 78.4 Å². The van der Waals surface area contributed by atoms with E-state index < -0.39 is 0 Å². The number of benzene rings is 1. The fourth-order valence-electron chi connectivity index (χ4n) is 5.64. The van der Waals surface area contributed by atoms with Gasteiger partial charge in [-0.15, -0.1) is 0 Å². The number of aromatic amines is 2. The number of rotatable bonds is 7. The van der Waals surface area contributed by atoms with Crippen LogP contribution in [0.2, 0.25) is 0 Å². The highest BCUT2D eigenvalue weighted by Crippen LogP contribution is 2.32. The van der Waals surface area contributed by atoms with Crippen molar-refractivity contribution in [3.63, 3.8) is 0 Å². The molecule has 184 valence electrons. The first-order chi connectivity index (χ1) is 18.3. The van der Waals surface area contributed by atoms with Crippen LogP contribution in [0.3, 0.4) is 0 Å². The zero-order valence-electron chi connectivity index (χ0n) is 20.7. The van der Waals surface area contributed by atoms with Gasteiger partial charge in [-0.05, 0) is 72.7 Å². The van der Waals surface area contributed by atoms with Crippen molar-refractivity contribution in [3.8, 4) is 22.6 Å². The second kappa shape index (κ2) is 9.41. The van der Waals surface area contributed by atoms with Gasteiger partial charge in [0.05, 0.1) is 16.7 Å². The summed E-state index contributed by atoms with van der Waals surface area (Å²) < 4.78 is 0. The highest BCUT2D eigenvalue weighted by atomic mass is 15.1. The minimum Gasteiger partial charge on any atom is -0.336 e. The number of imidazole rings is 1. The molecule has 4 heterocycles. The minimum atomic E-state index is 0.734. The lowest BCUT2D eigenvalue weighted by atomic mass is 10.0. The van der Waals surface area contributed by atoms with Crippen molar-refractivity contribution >= 4 is 27.5 Å². The van der Waals surface area contributed by atoms with Crippen LogP contribution in [0.1, 0.15) is 43.4 Å². The maximum absolute atomic E-state index is 4.94. The number of hydrogen-bond acceptors (Lipinski definition) is 5. The summed E-state index contributed by atoms with van der Waals surface area (Å²) in [6.45, 7) is 1.94. The molecular formula is C30H29N7. The molecule has 0 atom stereocenters. The minimum absolute atomic E-state index is 0.734. The highest BCUT2D eigenvalue weighted by molar-refractivity contribution is 5.97. The van der Waals surface area contributed by atoms with Crippen LogP contribution in [-0.4, -0.2) is 36.7 Å². The van der Waals surface area contributed by atoms with Crippen LogP contribution in [0.25, 0.3) is 50.2 Å². The Morgan fingerprint density at radius 2 is 1.92 bits per heavy atom. The van der Waals surface area contributed by atoms with Gasteiger partial charge in [-0.2, -0.15) is 5.10 Å². The summed E-state index contributed by atoms with van der Waals surface area (Å²) in [7, 11) is 0. The van der Waals surface area contributed by atoms with Gasteiger partial charge in [0.15, 0.2) is 5.82 Å². The lowest BCUT2D eigenvalue weighted by molar-refractivity contribution is 0.489. The maximum Gasteiger partial charge on any atom is 0.159 e. The SMILES string of the molecule is C1=CC(c2nccc3[nH]c(-c4n[nH]c5ccc(-c6cncc(CNCC7CCCC7)c6)cc45)nc23)=CC1. The highest BCUT2D eigenvalue weighted by Gasteiger charge is 2.18. The summed E-state index contributed by atoms with van der Waals surface area (Å²) in [5.74, 6) is 1.56. The van der Waals surface area contributed by atoms with Gasteiger partial charge in [0.25, 0.3) is 0 Å². The Morgan fingerprint density at radius 3 is 2.81 bits per heavy atom. The number of aromatic nitrogens is 6. The Balaban J connectivity index is 1.19. The van der Waals surface area contributed by atoms with E-state index in [1.165, 1.54) is 31.2 Å². The van der Waals surface area contributed by atoms with Crippen LogP contribution in [0.15, 0.2) is 67.2 Å². The molecule has 0 saturated heterocycles. The Kier molecular flexibility index (Phi) is 5.63. The largest absolute Gasteiger partial charge is 0.336 e. The second-order valence-electron chi connectivity index (χ2n) is 10.1. The van der Waals surface area contributed by atoms with Crippen LogP contribution in [0.4, 0.5) is 0 Å². The molecule has 1 aromatic carbocycles. The van der Waals surface area contributed by atoms with Gasteiger partial charge in [0.1, 0.15) is 11.2 Å². The molecular weight excluding hydrogens is 458 g/mol. The summed E-state index contributed by atoms with van der Waals surface area (Å²) in [6, 6.07) is 10.6. The molecule has 1 fully saturated rings. The van der Waals surface area contributed by atoms with Gasteiger partial charge in [-0.1, -0.05) is 37.1 Å². The lowest BCUT2D eigenvalue weighted by Gasteiger charge is -2.11. The monoisotopic (exact) mass is 487 g/mol. The predicted molar refractivity (Wildman–Crippen MR) is 148 cm³/mol. The van der Waals surface area contributed by atoms with E-state index in [1.807, 2.05) is 24.7 Å². The van der Waals surface area contributed by atoms with Crippen LogP contribution < -0.4 is 5.32 Å². The van der Waals surface area contributed by atoms with E-state index in [0.29, 0.717) is 0 Å². The average Bonchev–Trinajstić information content (AvgIpc) is 3.74. The Bertz CT molecular complexity index is 1650. The molecule has 0 radical (unpaired) electrons. The first kappa shape index (κ1) is 22.1. The van der Waals surface area contributed by atoms with Gasteiger partial charge in [-0.25, -0.2) is 4.98 Å². The molecule has 1 saturated carbocycles. The third kappa shape index (κ3) is 4.25. The van der Waals surface area contributed by atoms with Crippen molar-refractivity contribution in [1.82, 2.24) is 35.5 Å². The first-order valence-electron chi connectivity index (χ1n) is 13.2. The molecule has 0 aliphatic heterocycles. The molecule has 37 heavy (non-hydrogen) atoms. The fraction of sp³-hybridized carbons (Fsp3) is 0.267. The number of allylic oxidation sites excluding steroid dienone is 4. The molecule has 0 spiro atoms. The van der Waals surface area contributed by atoms with Gasteiger partial charge in [-0.3, -0.25) is 15.1 Å². The standard InChI is InChI=1S/C30H29N7/c1-2-6-19(5-1)15-31-16-20-13-23(18-32-17-20)22-9-10-25-24(14-22)28(37-36-25)30-34-26-11-12-33-27(29(26)35-30)21-7-3-4-8-21/h3,7-14,17-19,31H,1-2,4-6,15-16H2,(H,34,35)(H,36,37). The van der Waals surface area contributed by atoms with Gasteiger partial charge >= 0.3 is 0 Å². The smallest absolute Gasteiger partial charge is 0.159 e. The molecule has 0 bridgehead atoms. The maximum atomic E-state index is 4.94. The Hall–Kier alpha value is -4.10. The molecule has 0 amide bonds. The van der Waals surface area contributed by atoms with Crippen LogP contribution in [0, 0.1) is 5.92 Å².